The van der Waals surface area contributed by atoms with Gasteiger partial charge >= 0.3 is 0 Å². The van der Waals surface area contributed by atoms with Crippen LogP contribution in [0.25, 0.3) is 0 Å². The lowest BCUT2D eigenvalue weighted by molar-refractivity contribution is -0.00130. The molecule has 18 heavy (non-hydrogen) atoms. The Balaban J connectivity index is 3.08. The Labute approximate surface area is 106 Å². The first-order valence-electron chi connectivity index (χ1n) is 5.58. The van der Waals surface area contributed by atoms with Gasteiger partial charge in [-0.25, -0.2) is 8.42 Å². The first-order valence-corrected chi connectivity index (χ1v) is 7.13. The lowest BCUT2D eigenvalue weighted by Gasteiger charge is -2.16. The lowest BCUT2D eigenvalue weighted by Crippen LogP contribution is -2.28. The summed E-state index contributed by atoms with van der Waals surface area (Å²) in [6, 6.07) is 4.78. The second-order valence-electron chi connectivity index (χ2n) is 4.35. The summed E-state index contributed by atoms with van der Waals surface area (Å²) in [7, 11) is -1.98. The summed E-state index contributed by atoms with van der Waals surface area (Å²) < 4.78 is 50.7. The van der Waals surface area contributed by atoms with Crippen LogP contribution in [0.4, 0.5) is 8.78 Å². The molecule has 0 heterocycles. The summed E-state index contributed by atoms with van der Waals surface area (Å²) in [5.74, 6) is -3.01. The third kappa shape index (κ3) is 3.05. The van der Waals surface area contributed by atoms with Crippen molar-refractivity contribution < 1.29 is 17.2 Å². The average molecular weight is 277 g/mol. The van der Waals surface area contributed by atoms with Crippen molar-refractivity contribution in [3.63, 3.8) is 0 Å². The number of likely N-dealkylation sites (N-methyl/N-ethyl adjacent to an activating group) is 1. The number of hydrogen-bond acceptors (Lipinski definition) is 3. The van der Waals surface area contributed by atoms with Crippen molar-refractivity contribution in [1.29, 1.82) is 0 Å². The second-order valence-corrected chi connectivity index (χ2v) is 6.86. The summed E-state index contributed by atoms with van der Waals surface area (Å²) >= 11 is 0. The van der Waals surface area contributed by atoms with Gasteiger partial charge in [0, 0.05) is 5.56 Å². The molecule has 0 aliphatic heterocycles. The van der Waals surface area contributed by atoms with Crippen molar-refractivity contribution in [2.45, 2.75) is 29.9 Å². The molecular formula is C12H17F2NO2S. The van der Waals surface area contributed by atoms with E-state index in [0.717, 1.165) is 12.1 Å². The summed E-state index contributed by atoms with van der Waals surface area (Å²) in [5.41, 5.74) is -0.195. The van der Waals surface area contributed by atoms with Crippen LogP contribution in [0.1, 0.15) is 19.4 Å². The van der Waals surface area contributed by atoms with E-state index in [4.69, 9.17) is 0 Å². The van der Waals surface area contributed by atoms with E-state index in [9.17, 15) is 17.2 Å². The molecular weight excluding hydrogens is 260 g/mol. The fourth-order valence-electron chi connectivity index (χ4n) is 1.48. The Bertz CT molecular complexity index is 495. The predicted molar refractivity (Wildman–Crippen MR) is 66.6 cm³/mol. The molecule has 0 unspecified atom stereocenters. The highest BCUT2D eigenvalue weighted by Crippen LogP contribution is 2.28. The Morgan fingerprint density at radius 2 is 1.72 bits per heavy atom. The van der Waals surface area contributed by atoms with Gasteiger partial charge in [-0.05, 0) is 33.0 Å². The molecule has 3 nitrogen and oxygen atoms in total. The van der Waals surface area contributed by atoms with Gasteiger partial charge in [0.25, 0.3) is 5.92 Å². The van der Waals surface area contributed by atoms with Crippen LogP contribution >= 0.6 is 0 Å². The molecule has 0 aliphatic carbocycles. The quantitative estimate of drug-likeness (QED) is 0.897. The first kappa shape index (κ1) is 15.0. The molecule has 0 saturated heterocycles. The van der Waals surface area contributed by atoms with Crippen LogP contribution in [0.5, 0.6) is 0 Å². The third-order valence-electron chi connectivity index (χ3n) is 2.62. The minimum atomic E-state index is -3.41. The molecule has 0 spiro atoms. The van der Waals surface area contributed by atoms with Gasteiger partial charge < -0.3 is 5.32 Å². The highest BCUT2D eigenvalue weighted by Gasteiger charge is 2.31. The fourth-order valence-corrected chi connectivity index (χ4v) is 2.54. The predicted octanol–water partition coefficient (Wildman–Crippen LogP) is 2.18. The monoisotopic (exact) mass is 277 g/mol. The SMILES string of the molecule is CNCC(F)(F)c1ccc(S(=O)(=O)C(C)C)cc1. The minimum Gasteiger partial charge on any atom is -0.314 e. The molecule has 0 atom stereocenters. The number of nitrogens with one attached hydrogen (secondary N) is 1. The van der Waals surface area contributed by atoms with E-state index in [1.165, 1.54) is 19.2 Å². The molecule has 0 bridgehead atoms. The smallest absolute Gasteiger partial charge is 0.285 e. The van der Waals surface area contributed by atoms with Crippen molar-refractivity contribution in [3.05, 3.63) is 29.8 Å². The van der Waals surface area contributed by atoms with Gasteiger partial charge in [-0.3, -0.25) is 0 Å². The van der Waals surface area contributed by atoms with Crippen LogP contribution in [0, 0.1) is 0 Å². The maximum absolute atomic E-state index is 13.5. The van der Waals surface area contributed by atoms with Crippen molar-refractivity contribution in [2.75, 3.05) is 13.6 Å². The standard InChI is InChI=1S/C12H17F2NO2S/c1-9(2)18(16,17)11-6-4-10(5-7-11)12(13,14)8-15-3/h4-7,9,15H,8H2,1-3H3. The van der Waals surface area contributed by atoms with Gasteiger partial charge in [0.15, 0.2) is 9.84 Å². The normalized spacial score (nSPS) is 13.0. The van der Waals surface area contributed by atoms with Gasteiger partial charge in [0.2, 0.25) is 0 Å². The Kier molecular flexibility index (Phi) is 4.45. The van der Waals surface area contributed by atoms with E-state index >= 15 is 0 Å². The van der Waals surface area contributed by atoms with Crippen LogP contribution in [0.3, 0.4) is 0 Å². The topological polar surface area (TPSA) is 46.2 Å². The molecule has 0 aliphatic rings. The van der Waals surface area contributed by atoms with Gasteiger partial charge in [-0.15, -0.1) is 0 Å². The number of rotatable bonds is 5. The molecule has 1 aromatic carbocycles. The zero-order valence-corrected chi connectivity index (χ0v) is 11.4. The third-order valence-corrected chi connectivity index (χ3v) is 4.80. The second kappa shape index (κ2) is 5.32. The van der Waals surface area contributed by atoms with Crippen LogP contribution in [0.2, 0.25) is 0 Å². The molecule has 0 amide bonds. The van der Waals surface area contributed by atoms with Crippen LogP contribution in [-0.4, -0.2) is 27.3 Å². The number of sulfone groups is 1. The van der Waals surface area contributed by atoms with Crippen molar-refractivity contribution in [2.24, 2.45) is 0 Å². The summed E-state index contributed by atoms with van der Waals surface area (Å²) in [6.07, 6.45) is 0. The van der Waals surface area contributed by atoms with Gasteiger partial charge in [-0.2, -0.15) is 8.78 Å². The molecule has 1 aromatic rings. The summed E-state index contributed by atoms with van der Waals surface area (Å²) in [4.78, 5) is 0.0708. The average Bonchev–Trinajstić information content (AvgIpc) is 2.29. The fraction of sp³-hybridized carbons (Fsp3) is 0.500. The lowest BCUT2D eigenvalue weighted by atomic mass is 10.1. The van der Waals surface area contributed by atoms with Gasteiger partial charge in [-0.1, -0.05) is 12.1 Å². The van der Waals surface area contributed by atoms with Gasteiger partial charge in [0.1, 0.15) is 0 Å². The van der Waals surface area contributed by atoms with E-state index < -0.39 is 27.6 Å². The van der Waals surface area contributed by atoms with E-state index in [2.05, 4.69) is 5.32 Å². The Morgan fingerprint density at radius 3 is 2.11 bits per heavy atom. The molecule has 0 aromatic heterocycles. The molecule has 0 radical (unpaired) electrons. The van der Waals surface area contributed by atoms with Crippen molar-refractivity contribution in [3.8, 4) is 0 Å². The van der Waals surface area contributed by atoms with Crippen LogP contribution in [-0.2, 0) is 15.8 Å². The maximum atomic E-state index is 13.5. The maximum Gasteiger partial charge on any atom is 0.285 e. The van der Waals surface area contributed by atoms with E-state index in [-0.39, 0.29) is 10.5 Å². The summed E-state index contributed by atoms with van der Waals surface area (Å²) in [6.45, 7) is 2.63. The number of halogens is 2. The Morgan fingerprint density at radius 1 is 1.22 bits per heavy atom. The van der Waals surface area contributed by atoms with E-state index in [0.29, 0.717) is 0 Å². The van der Waals surface area contributed by atoms with E-state index in [1.807, 2.05) is 0 Å². The van der Waals surface area contributed by atoms with Crippen molar-refractivity contribution in [1.82, 2.24) is 5.32 Å². The van der Waals surface area contributed by atoms with E-state index in [1.54, 1.807) is 13.8 Å². The van der Waals surface area contributed by atoms with Crippen LogP contribution < -0.4 is 5.32 Å². The largest absolute Gasteiger partial charge is 0.314 e. The first-order chi connectivity index (χ1) is 8.21. The molecule has 0 saturated carbocycles. The van der Waals surface area contributed by atoms with Crippen molar-refractivity contribution >= 4 is 9.84 Å². The summed E-state index contributed by atoms with van der Waals surface area (Å²) in [5, 5.41) is 1.83. The molecule has 6 heteroatoms. The van der Waals surface area contributed by atoms with Crippen LogP contribution in [0.15, 0.2) is 29.2 Å². The number of hydrogen-bond donors (Lipinski definition) is 1. The minimum absolute atomic E-state index is 0.0708. The highest BCUT2D eigenvalue weighted by atomic mass is 32.2. The van der Waals surface area contributed by atoms with Gasteiger partial charge in [0.05, 0.1) is 16.7 Å². The molecule has 1 rings (SSSR count). The number of benzene rings is 1. The zero-order valence-electron chi connectivity index (χ0n) is 10.6. The molecule has 102 valence electrons. The molecule has 1 N–H and O–H groups in total. The highest BCUT2D eigenvalue weighted by molar-refractivity contribution is 7.92. The Hall–Kier alpha value is -1.01. The number of alkyl halides is 2. The zero-order chi connectivity index (χ0) is 14.0. The molecule has 0 fully saturated rings.